The van der Waals surface area contributed by atoms with Gasteiger partial charge >= 0.3 is 0 Å². The van der Waals surface area contributed by atoms with Crippen molar-refractivity contribution in [3.05, 3.63) is 60.7 Å². The molecule has 4 nitrogen and oxygen atoms in total. The van der Waals surface area contributed by atoms with Gasteiger partial charge in [0.15, 0.2) is 12.2 Å². The van der Waals surface area contributed by atoms with E-state index in [1.165, 1.54) is 0 Å². The van der Waals surface area contributed by atoms with E-state index in [0.29, 0.717) is 13.2 Å². The van der Waals surface area contributed by atoms with Crippen LogP contribution in [0.15, 0.2) is 60.7 Å². The molecular formula is C18H18O4. The molecule has 4 atom stereocenters. The van der Waals surface area contributed by atoms with Gasteiger partial charge in [-0.3, -0.25) is 0 Å². The zero-order chi connectivity index (χ0) is 14.8. The van der Waals surface area contributed by atoms with Crippen molar-refractivity contribution in [3.8, 4) is 11.5 Å². The van der Waals surface area contributed by atoms with E-state index in [2.05, 4.69) is 0 Å². The lowest BCUT2D eigenvalue weighted by atomic mass is 10.1. The largest absolute Gasteiger partial charge is 0.485 e. The minimum absolute atomic E-state index is 0.0751. The second kappa shape index (κ2) is 5.99. The molecule has 0 bridgehead atoms. The predicted octanol–water partition coefficient (Wildman–Crippen LogP) is 2.68. The molecule has 0 aliphatic carbocycles. The Labute approximate surface area is 129 Å². The zero-order valence-corrected chi connectivity index (χ0v) is 12.1. The molecule has 2 fully saturated rings. The highest BCUT2D eigenvalue weighted by atomic mass is 16.6. The third-order valence-corrected chi connectivity index (χ3v) is 4.02. The Morgan fingerprint density at radius 3 is 1.45 bits per heavy atom. The summed E-state index contributed by atoms with van der Waals surface area (Å²) in [5.74, 6) is 1.68. The molecular weight excluding hydrogens is 280 g/mol. The van der Waals surface area contributed by atoms with Crippen molar-refractivity contribution in [2.75, 3.05) is 13.2 Å². The van der Waals surface area contributed by atoms with Crippen LogP contribution in [0.1, 0.15) is 0 Å². The monoisotopic (exact) mass is 298 g/mol. The molecule has 22 heavy (non-hydrogen) atoms. The molecule has 2 aliphatic rings. The van der Waals surface area contributed by atoms with Gasteiger partial charge in [0.05, 0.1) is 13.2 Å². The lowest BCUT2D eigenvalue weighted by molar-refractivity contribution is 0.0181. The molecule has 2 aromatic carbocycles. The summed E-state index contributed by atoms with van der Waals surface area (Å²) in [7, 11) is 0. The third kappa shape index (κ3) is 2.67. The van der Waals surface area contributed by atoms with E-state index >= 15 is 0 Å². The Kier molecular flexibility index (Phi) is 3.70. The highest BCUT2D eigenvalue weighted by molar-refractivity contribution is 5.23. The van der Waals surface area contributed by atoms with Crippen LogP contribution in [0, 0.1) is 0 Å². The maximum absolute atomic E-state index is 5.98. The van der Waals surface area contributed by atoms with Crippen LogP contribution in [0.3, 0.4) is 0 Å². The van der Waals surface area contributed by atoms with Gasteiger partial charge in [0.1, 0.15) is 23.7 Å². The molecule has 2 aromatic rings. The second-order valence-electron chi connectivity index (χ2n) is 5.53. The first-order valence-corrected chi connectivity index (χ1v) is 7.57. The average molecular weight is 298 g/mol. The van der Waals surface area contributed by atoms with Gasteiger partial charge in [-0.1, -0.05) is 36.4 Å². The Hall–Kier alpha value is -2.04. The summed E-state index contributed by atoms with van der Waals surface area (Å²) in [4.78, 5) is 0. The summed E-state index contributed by atoms with van der Waals surface area (Å²) in [5, 5.41) is 0. The Morgan fingerprint density at radius 2 is 1.05 bits per heavy atom. The molecule has 0 unspecified atom stereocenters. The van der Waals surface area contributed by atoms with E-state index in [4.69, 9.17) is 18.9 Å². The normalized spacial score (nSPS) is 30.0. The van der Waals surface area contributed by atoms with Crippen LogP contribution in [0.2, 0.25) is 0 Å². The Morgan fingerprint density at radius 1 is 0.636 bits per heavy atom. The van der Waals surface area contributed by atoms with Crippen LogP contribution in [-0.4, -0.2) is 37.6 Å². The van der Waals surface area contributed by atoms with Crippen molar-refractivity contribution in [3.63, 3.8) is 0 Å². The molecule has 114 valence electrons. The molecule has 2 saturated heterocycles. The van der Waals surface area contributed by atoms with Gasteiger partial charge in [-0.05, 0) is 24.3 Å². The first-order chi connectivity index (χ1) is 10.9. The van der Waals surface area contributed by atoms with Crippen LogP contribution in [0.4, 0.5) is 0 Å². The fourth-order valence-electron chi connectivity index (χ4n) is 2.98. The minimum Gasteiger partial charge on any atom is -0.485 e. The van der Waals surface area contributed by atoms with Crippen molar-refractivity contribution in [1.82, 2.24) is 0 Å². The lowest BCUT2D eigenvalue weighted by Crippen LogP contribution is -2.36. The van der Waals surface area contributed by atoms with Crippen LogP contribution in [-0.2, 0) is 9.47 Å². The predicted molar refractivity (Wildman–Crippen MR) is 81.2 cm³/mol. The number of fused-ring (bicyclic) bond motifs is 1. The van der Waals surface area contributed by atoms with Crippen LogP contribution in [0.25, 0.3) is 0 Å². The van der Waals surface area contributed by atoms with Crippen molar-refractivity contribution in [2.24, 2.45) is 0 Å². The standard InChI is InChI=1S/C18H18O4/c1-3-7-13(8-4-1)21-15-11-19-18-16(12-20-17(15)18)22-14-9-5-2-6-10-14/h1-10,15-18H,11-12H2/t15-,16+,17-,18-/m1/s1. The SMILES string of the molecule is c1ccc(O[C@H]2CO[C@H]3[C@@H]2OC[C@H]3Oc2ccccc2)cc1. The van der Waals surface area contributed by atoms with Crippen LogP contribution < -0.4 is 9.47 Å². The number of benzene rings is 2. The fraction of sp³-hybridized carbons (Fsp3) is 0.333. The van der Waals surface area contributed by atoms with Gasteiger partial charge in [0.25, 0.3) is 0 Å². The van der Waals surface area contributed by atoms with E-state index in [0.717, 1.165) is 11.5 Å². The van der Waals surface area contributed by atoms with Crippen LogP contribution in [0.5, 0.6) is 11.5 Å². The number of hydrogen-bond acceptors (Lipinski definition) is 4. The van der Waals surface area contributed by atoms with Gasteiger partial charge in [0.2, 0.25) is 0 Å². The maximum Gasteiger partial charge on any atom is 0.151 e. The molecule has 0 aromatic heterocycles. The van der Waals surface area contributed by atoms with E-state index < -0.39 is 0 Å². The fourth-order valence-corrected chi connectivity index (χ4v) is 2.98. The summed E-state index contributed by atoms with van der Waals surface area (Å²) in [5.41, 5.74) is 0. The highest BCUT2D eigenvalue weighted by Crippen LogP contribution is 2.32. The van der Waals surface area contributed by atoms with Crippen molar-refractivity contribution >= 4 is 0 Å². The Bertz CT molecular complexity index is 545. The van der Waals surface area contributed by atoms with E-state index in [1.54, 1.807) is 0 Å². The maximum atomic E-state index is 5.98. The summed E-state index contributed by atoms with van der Waals surface area (Å²) in [6.45, 7) is 1.05. The van der Waals surface area contributed by atoms with Gasteiger partial charge in [-0.15, -0.1) is 0 Å². The topological polar surface area (TPSA) is 36.9 Å². The minimum atomic E-state index is -0.0863. The summed E-state index contributed by atoms with van der Waals surface area (Å²) in [6, 6.07) is 19.5. The molecule has 2 aliphatic heterocycles. The van der Waals surface area contributed by atoms with Gasteiger partial charge in [-0.2, -0.15) is 0 Å². The van der Waals surface area contributed by atoms with E-state index in [-0.39, 0.29) is 24.4 Å². The van der Waals surface area contributed by atoms with Crippen LogP contribution >= 0.6 is 0 Å². The average Bonchev–Trinajstić information content (AvgIpc) is 3.14. The van der Waals surface area contributed by atoms with Gasteiger partial charge in [0, 0.05) is 0 Å². The number of para-hydroxylation sites is 2. The summed E-state index contributed by atoms with van der Waals surface area (Å²) >= 11 is 0. The Balaban J connectivity index is 1.41. The molecule has 4 heteroatoms. The number of hydrogen-bond donors (Lipinski definition) is 0. The second-order valence-corrected chi connectivity index (χ2v) is 5.53. The number of ether oxygens (including phenoxy) is 4. The van der Waals surface area contributed by atoms with Gasteiger partial charge < -0.3 is 18.9 Å². The lowest BCUT2D eigenvalue weighted by Gasteiger charge is -2.18. The van der Waals surface area contributed by atoms with E-state index in [1.807, 2.05) is 60.7 Å². The third-order valence-electron chi connectivity index (χ3n) is 4.02. The molecule has 0 amide bonds. The molecule has 0 N–H and O–H groups in total. The summed E-state index contributed by atoms with van der Waals surface area (Å²) in [6.07, 6.45) is -0.323. The molecule has 4 rings (SSSR count). The molecule has 0 saturated carbocycles. The van der Waals surface area contributed by atoms with Crippen molar-refractivity contribution < 1.29 is 18.9 Å². The molecule has 0 radical (unpaired) electrons. The summed E-state index contributed by atoms with van der Waals surface area (Å²) < 4.78 is 23.7. The molecule has 0 spiro atoms. The zero-order valence-electron chi connectivity index (χ0n) is 12.1. The van der Waals surface area contributed by atoms with Gasteiger partial charge in [-0.25, -0.2) is 0 Å². The highest BCUT2D eigenvalue weighted by Gasteiger charge is 2.50. The first-order valence-electron chi connectivity index (χ1n) is 7.57. The number of rotatable bonds is 4. The molecule has 2 heterocycles. The van der Waals surface area contributed by atoms with E-state index in [9.17, 15) is 0 Å². The van der Waals surface area contributed by atoms with Crippen molar-refractivity contribution in [1.29, 1.82) is 0 Å². The first kappa shape index (κ1) is 13.6. The quantitative estimate of drug-likeness (QED) is 0.869. The van der Waals surface area contributed by atoms with Crippen molar-refractivity contribution in [2.45, 2.75) is 24.4 Å². The smallest absolute Gasteiger partial charge is 0.151 e.